The van der Waals surface area contributed by atoms with Crippen LogP contribution in [0.25, 0.3) is 0 Å². The van der Waals surface area contributed by atoms with Gasteiger partial charge in [-0.2, -0.15) is 0 Å². The summed E-state index contributed by atoms with van der Waals surface area (Å²) in [6.07, 6.45) is 0. The van der Waals surface area contributed by atoms with Crippen LogP contribution in [-0.4, -0.2) is 32.5 Å². The van der Waals surface area contributed by atoms with Crippen LogP contribution < -0.4 is 15.4 Å². The molecule has 28 heavy (non-hydrogen) atoms. The number of sulfonamides is 1. The third-order valence-electron chi connectivity index (χ3n) is 3.96. The van der Waals surface area contributed by atoms with Gasteiger partial charge in [-0.25, -0.2) is 17.9 Å². The Morgan fingerprint density at radius 3 is 2.32 bits per heavy atom. The van der Waals surface area contributed by atoms with Crippen molar-refractivity contribution in [1.82, 2.24) is 10.0 Å². The first-order valence-electron chi connectivity index (χ1n) is 8.47. The lowest BCUT2D eigenvalue weighted by Crippen LogP contribution is -2.37. The Morgan fingerprint density at radius 1 is 1.07 bits per heavy atom. The van der Waals surface area contributed by atoms with Gasteiger partial charge >= 0.3 is 6.03 Å². The highest BCUT2D eigenvalue weighted by molar-refractivity contribution is 7.89. The second-order valence-corrected chi connectivity index (χ2v) is 8.07. The molecule has 2 rings (SSSR count). The average Bonchev–Trinajstić information content (AvgIpc) is 2.62. The van der Waals surface area contributed by atoms with E-state index in [-0.39, 0.29) is 23.7 Å². The van der Waals surface area contributed by atoms with Crippen LogP contribution in [0.3, 0.4) is 0 Å². The summed E-state index contributed by atoms with van der Waals surface area (Å²) in [5.41, 5.74) is 3.35. The van der Waals surface area contributed by atoms with Gasteiger partial charge in [0, 0.05) is 30.9 Å². The van der Waals surface area contributed by atoms with E-state index >= 15 is 0 Å². The number of non-ortho nitro benzene ring substituents is 1. The SMILES string of the molecule is Cc1cc(C)c(NC(=O)NCCNS(=O)(=O)c2cccc([N+](=O)[O-])c2)c(C)c1. The number of anilines is 1. The summed E-state index contributed by atoms with van der Waals surface area (Å²) in [5.74, 6) is 0. The van der Waals surface area contributed by atoms with E-state index in [9.17, 15) is 23.3 Å². The Bertz CT molecular complexity index is 982. The third-order valence-corrected chi connectivity index (χ3v) is 5.42. The lowest BCUT2D eigenvalue weighted by atomic mass is 10.1. The number of nitro benzene ring substituents is 1. The summed E-state index contributed by atoms with van der Waals surface area (Å²) < 4.78 is 26.7. The van der Waals surface area contributed by atoms with Crippen molar-refractivity contribution < 1.29 is 18.1 Å². The van der Waals surface area contributed by atoms with E-state index < -0.39 is 21.0 Å². The van der Waals surface area contributed by atoms with Gasteiger partial charge in [-0.15, -0.1) is 0 Å². The molecule has 0 unspecified atom stereocenters. The van der Waals surface area contributed by atoms with Crippen LogP contribution in [0.1, 0.15) is 16.7 Å². The first-order valence-corrected chi connectivity index (χ1v) is 9.95. The number of benzene rings is 2. The minimum Gasteiger partial charge on any atom is -0.337 e. The third kappa shape index (κ3) is 5.51. The monoisotopic (exact) mass is 406 g/mol. The highest BCUT2D eigenvalue weighted by Gasteiger charge is 2.17. The molecule has 10 heteroatoms. The van der Waals surface area contributed by atoms with E-state index in [4.69, 9.17) is 0 Å². The zero-order chi connectivity index (χ0) is 20.9. The highest BCUT2D eigenvalue weighted by atomic mass is 32.2. The molecule has 0 bridgehead atoms. The maximum atomic E-state index is 12.2. The van der Waals surface area contributed by atoms with Gasteiger partial charge in [0.1, 0.15) is 0 Å². The van der Waals surface area contributed by atoms with E-state index in [2.05, 4.69) is 15.4 Å². The molecule has 9 nitrogen and oxygen atoms in total. The number of urea groups is 1. The number of aryl methyl sites for hydroxylation is 3. The molecule has 2 amide bonds. The normalized spacial score (nSPS) is 11.1. The van der Waals surface area contributed by atoms with Crippen molar-refractivity contribution in [3.63, 3.8) is 0 Å². The minimum atomic E-state index is -3.92. The lowest BCUT2D eigenvalue weighted by molar-refractivity contribution is -0.385. The zero-order valence-electron chi connectivity index (χ0n) is 15.8. The summed E-state index contributed by atoms with van der Waals surface area (Å²) in [7, 11) is -3.92. The first kappa shape index (κ1) is 21.3. The highest BCUT2D eigenvalue weighted by Crippen LogP contribution is 2.21. The van der Waals surface area contributed by atoms with Crippen LogP contribution >= 0.6 is 0 Å². The van der Waals surface area contributed by atoms with E-state index in [1.54, 1.807) is 0 Å². The van der Waals surface area contributed by atoms with Crippen molar-refractivity contribution >= 4 is 27.4 Å². The summed E-state index contributed by atoms with van der Waals surface area (Å²) >= 11 is 0. The number of carbonyl (C=O) groups excluding carboxylic acids is 1. The fourth-order valence-electron chi connectivity index (χ4n) is 2.74. The van der Waals surface area contributed by atoms with E-state index in [0.29, 0.717) is 5.69 Å². The summed E-state index contributed by atoms with van der Waals surface area (Å²) in [6.45, 7) is 5.73. The maximum Gasteiger partial charge on any atom is 0.319 e. The number of hydrogen-bond donors (Lipinski definition) is 3. The molecule has 0 saturated heterocycles. The fraction of sp³-hybridized carbons (Fsp3) is 0.278. The fourth-order valence-corrected chi connectivity index (χ4v) is 3.81. The Morgan fingerprint density at radius 2 is 1.71 bits per heavy atom. The molecular weight excluding hydrogens is 384 g/mol. The smallest absolute Gasteiger partial charge is 0.319 e. The summed E-state index contributed by atoms with van der Waals surface area (Å²) in [6, 6.07) is 8.20. The largest absolute Gasteiger partial charge is 0.337 e. The van der Waals surface area contributed by atoms with Crippen LogP contribution in [0.5, 0.6) is 0 Å². The number of carbonyl (C=O) groups is 1. The summed E-state index contributed by atoms with van der Waals surface area (Å²) in [4.78, 5) is 21.9. The number of amides is 2. The molecule has 0 aromatic heterocycles. The van der Waals surface area contributed by atoms with Crippen LogP contribution in [0.4, 0.5) is 16.2 Å². The van der Waals surface area contributed by atoms with Crippen molar-refractivity contribution in [2.75, 3.05) is 18.4 Å². The van der Waals surface area contributed by atoms with Gasteiger partial charge in [0.2, 0.25) is 10.0 Å². The predicted molar refractivity (Wildman–Crippen MR) is 106 cm³/mol. The zero-order valence-corrected chi connectivity index (χ0v) is 16.6. The second kappa shape index (κ2) is 8.81. The van der Waals surface area contributed by atoms with Crippen LogP contribution in [0.15, 0.2) is 41.3 Å². The predicted octanol–water partition coefficient (Wildman–Crippen LogP) is 2.62. The molecule has 0 heterocycles. The molecule has 0 aliphatic rings. The molecule has 0 saturated carbocycles. The van der Waals surface area contributed by atoms with Gasteiger partial charge in [-0.1, -0.05) is 23.8 Å². The van der Waals surface area contributed by atoms with Crippen molar-refractivity contribution in [1.29, 1.82) is 0 Å². The number of nitrogens with one attached hydrogen (secondary N) is 3. The molecule has 0 aliphatic heterocycles. The van der Waals surface area contributed by atoms with Gasteiger partial charge in [0.25, 0.3) is 5.69 Å². The molecule has 0 aliphatic carbocycles. The number of hydrogen-bond acceptors (Lipinski definition) is 5. The Kier molecular flexibility index (Phi) is 6.71. The molecule has 3 N–H and O–H groups in total. The topological polar surface area (TPSA) is 130 Å². The van der Waals surface area contributed by atoms with Crippen molar-refractivity contribution in [3.05, 3.63) is 63.2 Å². The molecule has 0 fully saturated rings. The van der Waals surface area contributed by atoms with E-state index in [0.717, 1.165) is 22.8 Å². The van der Waals surface area contributed by atoms with Gasteiger partial charge in [-0.3, -0.25) is 10.1 Å². The number of nitrogens with zero attached hydrogens (tertiary/aromatic N) is 1. The van der Waals surface area contributed by atoms with E-state index in [1.165, 1.54) is 18.2 Å². The quantitative estimate of drug-likeness (QED) is 0.370. The first-order chi connectivity index (χ1) is 13.1. The molecule has 2 aromatic carbocycles. The molecule has 0 radical (unpaired) electrons. The summed E-state index contributed by atoms with van der Waals surface area (Å²) in [5, 5.41) is 16.1. The standard InChI is InChI=1S/C18H22N4O5S/c1-12-9-13(2)17(14(3)10-12)21-18(23)19-7-8-20-28(26,27)16-6-4-5-15(11-16)22(24)25/h4-6,9-11,20H,7-8H2,1-3H3,(H2,19,21,23). The molecule has 0 spiro atoms. The minimum absolute atomic E-state index is 0.0456. The molecule has 150 valence electrons. The maximum absolute atomic E-state index is 12.2. The molecule has 2 aromatic rings. The van der Waals surface area contributed by atoms with Gasteiger partial charge < -0.3 is 10.6 Å². The van der Waals surface area contributed by atoms with Gasteiger partial charge in [-0.05, 0) is 38.0 Å². The second-order valence-electron chi connectivity index (χ2n) is 6.31. The van der Waals surface area contributed by atoms with Crippen LogP contribution in [0, 0.1) is 30.9 Å². The van der Waals surface area contributed by atoms with Crippen molar-refractivity contribution in [2.24, 2.45) is 0 Å². The van der Waals surface area contributed by atoms with Crippen molar-refractivity contribution in [2.45, 2.75) is 25.7 Å². The number of rotatable bonds is 7. The molecule has 0 atom stereocenters. The molecular formula is C18H22N4O5S. The Hall–Kier alpha value is -2.98. The van der Waals surface area contributed by atoms with Crippen LogP contribution in [-0.2, 0) is 10.0 Å². The number of nitro groups is 1. The Balaban J connectivity index is 1.89. The average molecular weight is 406 g/mol. The van der Waals surface area contributed by atoms with Gasteiger partial charge in [0.05, 0.1) is 9.82 Å². The van der Waals surface area contributed by atoms with Crippen LogP contribution in [0.2, 0.25) is 0 Å². The van der Waals surface area contributed by atoms with Gasteiger partial charge in [0.15, 0.2) is 0 Å². The lowest BCUT2D eigenvalue weighted by Gasteiger charge is -2.14. The van der Waals surface area contributed by atoms with E-state index in [1.807, 2.05) is 32.9 Å². The Labute approximate surface area is 163 Å². The van der Waals surface area contributed by atoms with Crippen molar-refractivity contribution in [3.8, 4) is 0 Å².